The SMILES string of the molecule is O=c1[nH]c2cc(/C=C3\c4ccccc4COc4cc(F)ccc43)ccc2n1CCN1CCCC1. The number of nitrogens with one attached hydrogen (secondary N) is 1. The standard InChI is InChI=1S/C28H26FN3O2/c29-21-8-9-23-24(22-6-2-1-5-20(22)18-34-27(23)17-21)15-19-7-10-26-25(16-19)30-28(33)32(26)14-13-31-11-3-4-12-31/h1-2,5-10,15-17H,3-4,11-14,18H2,(H,30,33)/b24-15+. The molecule has 0 amide bonds. The number of ether oxygens (including phenoxy) is 1. The van der Waals surface area contributed by atoms with Crippen LogP contribution in [0.15, 0.2) is 65.5 Å². The Morgan fingerprint density at radius 3 is 2.71 bits per heavy atom. The third kappa shape index (κ3) is 3.84. The minimum absolute atomic E-state index is 0.0759. The van der Waals surface area contributed by atoms with E-state index in [1.165, 1.54) is 25.0 Å². The van der Waals surface area contributed by atoms with Crippen molar-refractivity contribution in [1.29, 1.82) is 0 Å². The number of hydrogen-bond donors (Lipinski definition) is 1. The second kappa shape index (κ2) is 8.61. The Hall–Kier alpha value is -3.64. The zero-order valence-corrected chi connectivity index (χ0v) is 18.9. The molecule has 0 unspecified atom stereocenters. The van der Waals surface area contributed by atoms with Crippen molar-refractivity contribution < 1.29 is 9.13 Å². The maximum Gasteiger partial charge on any atom is 0.326 e. The van der Waals surface area contributed by atoms with Gasteiger partial charge in [-0.3, -0.25) is 4.57 Å². The van der Waals surface area contributed by atoms with Crippen LogP contribution in [0.1, 0.15) is 35.1 Å². The Kier molecular flexibility index (Phi) is 5.30. The van der Waals surface area contributed by atoms with E-state index in [0.29, 0.717) is 18.9 Å². The topological polar surface area (TPSA) is 50.3 Å². The summed E-state index contributed by atoms with van der Waals surface area (Å²) in [6.07, 6.45) is 4.57. The first kappa shape index (κ1) is 20.9. The fourth-order valence-corrected chi connectivity index (χ4v) is 5.11. The quantitative estimate of drug-likeness (QED) is 0.469. The van der Waals surface area contributed by atoms with Crippen molar-refractivity contribution in [2.45, 2.75) is 26.0 Å². The molecule has 172 valence electrons. The molecule has 3 heterocycles. The van der Waals surface area contributed by atoms with E-state index < -0.39 is 0 Å². The summed E-state index contributed by atoms with van der Waals surface area (Å²) < 4.78 is 21.7. The minimum atomic E-state index is -0.321. The van der Waals surface area contributed by atoms with Gasteiger partial charge in [-0.2, -0.15) is 0 Å². The molecule has 34 heavy (non-hydrogen) atoms. The molecule has 3 aromatic carbocycles. The Bertz CT molecular complexity index is 1460. The number of likely N-dealkylation sites (tertiary alicyclic amines) is 1. The summed E-state index contributed by atoms with van der Waals surface area (Å²) in [5, 5.41) is 0. The van der Waals surface area contributed by atoms with Gasteiger partial charge in [0, 0.05) is 24.7 Å². The molecule has 0 spiro atoms. The lowest BCUT2D eigenvalue weighted by atomic mass is 9.92. The molecule has 5 nitrogen and oxygen atoms in total. The Labute approximate surface area is 197 Å². The maximum absolute atomic E-state index is 13.9. The van der Waals surface area contributed by atoms with Gasteiger partial charge in [0.15, 0.2) is 0 Å². The number of H-pyrrole nitrogens is 1. The summed E-state index contributed by atoms with van der Waals surface area (Å²) in [5.74, 6) is 0.211. The van der Waals surface area contributed by atoms with Crippen LogP contribution in [0.3, 0.4) is 0 Å². The first-order valence-electron chi connectivity index (χ1n) is 11.8. The van der Waals surface area contributed by atoms with Gasteiger partial charge in [-0.05, 0) is 78.5 Å². The highest BCUT2D eigenvalue weighted by molar-refractivity contribution is 5.95. The van der Waals surface area contributed by atoms with E-state index >= 15 is 0 Å². The molecule has 0 aliphatic carbocycles. The van der Waals surface area contributed by atoms with Gasteiger partial charge in [0.1, 0.15) is 18.2 Å². The Morgan fingerprint density at radius 2 is 1.82 bits per heavy atom. The Morgan fingerprint density at radius 1 is 0.971 bits per heavy atom. The molecule has 1 N–H and O–H groups in total. The van der Waals surface area contributed by atoms with E-state index in [0.717, 1.165) is 58.5 Å². The fraction of sp³-hybridized carbons (Fsp3) is 0.250. The van der Waals surface area contributed by atoms with Crippen LogP contribution in [0.25, 0.3) is 22.7 Å². The summed E-state index contributed by atoms with van der Waals surface area (Å²) in [5.41, 5.74) is 6.55. The van der Waals surface area contributed by atoms with Gasteiger partial charge in [-0.25, -0.2) is 9.18 Å². The molecule has 4 aromatic rings. The molecular weight excluding hydrogens is 429 g/mol. The van der Waals surface area contributed by atoms with E-state index in [4.69, 9.17) is 4.74 Å². The van der Waals surface area contributed by atoms with Crippen LogP contribution in [-0.2, 0) is 13.2 Å². The third-order valence-corrected chi connectivity index (χ3v) is 6.87. The number of aromatic nitrogens is 2. The molecule has 1 fully saturated rings. The van der Waals surface area contributed by atoms with Gasteiger partial charge in [0.2, 0.25) is 0 Å². The zero-order chi connectivity index (χ0) is 23.1. The minimum Gasteiger partial charge on any atom is -0.488 e. The van der Waals surface area contributed by atoms with Crippen LogP contribution in [0.4, 0.5) is 4.39 Å². The molecule has 0 bridgehead atoms. The molecule has 0 saturated carbocycles. The highest BCUT2D eigenvalue weighted by Crippen LogP contribution is 2.38. The van der Waals surface area contributed by atoms with Gasteiger partial charge in [0.05, 0.1) is 11.0 Å². The largest absolute Gasteiger partial charge is 0.488 e. The van der Waals surface area contributed by atoms with E-state index in [1.54, 1.807) is 6.07 Å². The third-order valence-electron chi connectivity index (χ3n) is 6.87. The summed E-state index contributed by atoms with van der Waals surface area (Å²) in [4.78, 5) is 18.1. The highest BCUT2D eigenvalue weighted by atomic mass is 19.1. The second-order valence-corrected chi connectivity index (χ2v) is 9.05. The number of halogens is 1. The molecule has 0 radical (unpaired) electrons. The number of nitrogens with zero attached hydrogens (tertiary/aromatic N) is 2. The van der Waals surface area contributed by atoms with Crippen LogP contribution >= 0.6 is 0 Å². The van der Waals surface area contributed by atoms with Crippen molar-refractivity contribution in [2.75, 3.05) is 19.6 Å². The predicted octanol–water partition coefficient (Wildman–Crippen LogP) is 5.05. The van der Waals surface area contributed by atoms with E-state index in [2.05, 4.69) is 22.0 Å². The molecule has 6 heteroatoms. The van der Waals surface area contributed by atoms with Crippen molar-refractivity contribution >= 4 is 22.7 Å². The lowest BCUT2D eigenvalue weighted by molar-refractivity contribution is 0.305. The second-order valence-electron chi connectivity index (χ2n) is 9.05. The molecule has 2 aliphatic heterocycles. The molecule has 0 atom stereocenters. The predicted molar refractivity (Wildman–Crippen MR) is 132 cm³/mol. The summed E-state index contributed by atoms with van der Waals surface area (Å²) in [7, 11) is 0. The normalized spacial score (nSPS) is 16.9. The van der Waals surface area contributed by atoms with Crippen LogP contribution in [0.5, 0.6) is 5.75 Å². The van der Waals surface area contributed by atoms with E-state index in [1.807, 2.05) is 41.0 Å². The fourth-order valence-electron chi connectivity index (χ4n) is 5.11. The summed E-state index contributed by atoms with van der Waals surface area (Å²) in [6.45, 7) is 4.19. The monoisotopic (exact) mass is 455 g/mol. The first-order chi connectivity index (χ1) is 16.7. The van der Waals surface area contributed by atoms with E-state index in [-0.39, 0.29) is 11.5 Å². The summed E-state index contributed by atoms with van der Waals surface area (Å²) in [6, 6.07) is 18.8. The lowest BCUT2D eigenvalue weighted by Gasteiger charge is -2.14. The molecule has 2 aliphatic rings. The molecule has 6 rings (SSSR count). The molecule has 1 aromatic heterocycles. The van der Waals surface area contributed by atoms with Gasteiger partial charge in [-0.1, -0.05) is 30.3 Å². The molecular formula is C28H26FN3O2. The summed E-state index contributed by atoms with van der Waals surface area (Å²) >= 11 is 0. The number of aromatic amines is 1. The molecule has 1 saturated heterocycles. The number of benzene rings is 3. The number of fused-ring (bicyclic) bond motifs is 3. The highest BCUT2D eigenvalue weighted by Gasteiger charge is 2.20. The van der Waals surface area contributed by atoms with Crippen LogP contribution in [0.2, 0.25) is 0 Å². The van der Waals surface area contributed by atoms with Gasteiger partial charge in [-0.15, -0.1) is 0 Å². The van der Waals surface area contributed by atoms with Gasteiger partial charge >= 0.3 is 5.69 Å². The van der Waals surface area contributed by atoms with Crippen molar-refractivity contribution in [3.63, 3.8) is 0 Å². The first-order valence-corrected chi connectivity index (χ1v) is 11.8. The van der Waals surface area contributed by atoms with Crippen LogP contribution < -0.4 is 10.4 Å². The van der Waals surface area contributed by atoms with Crippen molar-refractivity contribution in [3.05, 3.63) is 99.2 Å². The van der Waals surface area contributed by atoms with Gasteiger partial charge < -0.3 is 14.6 Å². The van der Waals surface area contributed by atoms with Crippen molar-refractivity contribution in [3.8, 4) is 5.75 Å². The van der Waals surface area contributed by atoms with E-state index in [9.17, 15) is 9.18 Å². The number of imidazole rings is 1. The van der Waals surface area contributed by atoms with Crippen molar-refractivity contribution in [2.24, 2.45) is 0 Å². The lowest BCUT2D eigenvalue weighted by Crippen LogP contribution is -2.28. The van der Waals surface area contributed by atoms with Crippen molar-refractivity contribution in [1.82, 2.24) is 14.5 Å². The number of hydrogen-bond acceptors (Lipinski definition) is 3. The average Bonchev–Trinajstić information content (AvgIpc) is 3.43. The van der Waals surface area contributed by atoms with Crippen LogP contribution in [-0.4, -0.2) is 34.1 Å². The Balaban J connectivity index is 1.41. The average molecular weight is 456 g/mol. The number of rotatable bonds is 4. The zero-order valence-electron chi connectivity index (χ0n) is 18.9. The smallest absolute Gasteiger partial charge is 0.326 e. The van der Waals surface area contributed by atoms with Crippen LogP contribution in [0, 0.1) is 5.82 Å². The van der Waals surface area contributed by atoms with Gasteiger partial charge in [0.25, 0.3) is 0 Å². The maximum atomic E-state index is 13.9.